The number of nitrogens with one attached hydrogen (secondary N) is 1. The molecule has 1 aromatic heterocycles. The maximum Gasteiger partial charge on any atom is 0.146 e. The monoisotopic (exact) mass is 268 g/mol. The lowest BCUT2D eigenvalue weighted by atomic mass is 9.83. The molecule has 4 heteroatoms. The Morgan fingerprint density at radius 1 is 1.15 bits per heavy atom. The van der Waals surface area contributed by atoms with Crippen molar-refractivity contribution >= 4 is 5.82 Å². The van der Waals surface area contributed by atoms with Crippen molar-refractivity contribution in [2.45, 2.75) is 39.0 Å². The normalized spacial score (nSPS) is 17.6. The Labute approximate surface area is 119 Å². The van der Waals surface area contributed by atoms with Crippen molar-refractivity contribution in [3.05, 3.63) is 52.5 Å². The zero-order valence-electron chi connectivity index (χ0n) is 12.0. The van der Waals surface area contributed by atoms with Gasteiger partial charge in [-0.25, -0.2) is 15.8 Å². The Balaban J connectivity index is 1.93. The molecule has 1 aliphatic rings. The van der Waals surface area contributed by atoms with Gasteiger partial charge in [-0.1, -0.05) is 24.3 Å². The highest BCUT2D eigenvalue weighted by molar-refractivity contribution is 5.45. The van der Waals surface area contributed by atoms with Crippen LogP contribution in [0, 0.1) is 13.8 Å². The van der Waals surface area contributed by atoms with Crippen molar-refractivity contribution in [2.24, 2.45) is 5.84 Å². The summed E-state index contributed by atoms with van der Waals surface area (Å²) in [7, 11) is 0. The zero-order valence-corrected chi connectivity index (χ0v) is 12.0. The molecule has 0 spiro atoms. The molecular formula is C16H20N4. The van der Waals surface area contributed by atoms with E-state index in [0.717, 1.165) is 42.2 Å². The summed E-state index contributed by atoms with van der Waals surface area (Å²) in [6, 6.07) is 8.65. The van der Waals surface area contributed by atoms with Crippen LogP contribution in [-0.4, -0.2) is 9.97 Å². The lowest BCUT2D eigenvalue weighted by Crippen LogP contribution is -2.19. The van der Waals surface area contributed by atoms with Crippen molar-refractivity contribution in [3.63, 3.8) is 0 Å². The van der Waals surface area contributed by atoms with Gasteiger partial charge in [0.1, 0.15) is 11.6 Å². The van der Waals surface area contributed by atoms with Crippen LogP contribution in [0.5, 0.6) is 0 Å². The van der Waals surface area contributed by atoms with Gasteiger partial charge in [0.15, 0.2) is 0 Å². The highest BCUT2D eigenvalue weighted by atomic mass is 15.3. The van der Waals surface area contributed by atoms with E-state index in [1.165, 1.54) is 11.1 Å². The molecule has 4 nitrogen and oxygen atoms in total. The molecule has 3 N–H and O–H groups in total. The summed E-state index contributed by atoms with van der Waals surface area (Å²) in [5.74, 6) is 7.59. The van der Waals surface area contributed by atoms with Gasteiger partial charge in [-0.05, 0) is 44.2 Å². The second-order valence-corrected chi connectivity index (χ2v) is 5.49. The lowest BCUT2D eigenvalue weighted by Gasteiger charge is -2.24. The standard InChI is InChI=1S/C16H20N4/c1-10-11(2)18-16(19-15(10)20-17)14-8-7-12-5-3-4-6-13(12)9-14/h3-6,14H,7-9,17H2,1-2H3,(H,18,19,20). The molecule has 0 saturated carbocycles. The van der Waals surface area contributed by atoms with E-state index >= 15 is 0 Å². The summed E-state index contributed by atoms with van der Waals surface area (Å²) < 4.78 is 0. The summed E-state index contributed by atoms with van der Waals surface area (Å²) >= 11 is 0. The molecule has 1 heterocycles. The van der Waals surface area contributed by atoms with Gasteiger partial charge in [-0.2, -0.15) is 0 Å². The fourth-order valence-electron chi connectivity index (χ4n) is 2.89. The van der Waals surface area contributed by atoms with Crippen molar-refractivity contribution in [1.29, 1.82) is 0 Å². The lowest BCUT2D eigenvalue weighted by molar-refractivity contribution is 0.553. The number of hydrogen-bond donors (Lipinski definition) is 2. The average molecular weight is 268 g/mol. The summed E-state index contributed by atoms with van der Waals surface area (Å²) in [6.45, 7) is 4.00. The third-order valence-electron chi connectivity index (χ3n) is 4.26. The minimum atomic E-state index is 0.385. The van der Waals surface area contributed by atoms with Crippen molar-refractivity contribution < 1.29 is 0 Å². The smallest absolute Gasteiger partial charge is 0.146 e. The van der Waals surface area contributed by atoms with Gasteiger partial charge in [-0.3, -0.25) is 0 Å². The number of nitrogen functional groups attached to an aromatic ring is 1. The van der Waals surface area contributed by atoms with E-state index in [9.17, 15) is 0 Å². The SMILES string of the molecule is Cc1nc(C2CCc3ccccc3C2)nc(NN)c1C. The predicted molar refractivity (Wildman–Crippen MR) is 80.5 cm³/mol. The molecule has 0 radical (unpaired) electrons. The van der Waals surface area contributed by atoms with E-state index in [0.29, 0.717) is 5.92 Å². The summed E-state index contributed by atoms with van der Waals surface area (Å²) in [6.07, 6.45) is 3.22. The van der Waals surface area contributed by atoms with Gasteiger partial charge in [0.05, 0.1) is 0 Å². The van der Waals surface area contributed by atoms with Gasteiger partial charge in [-0.15, -0.1) is 0 Å². The first kappa shape index (κ1) is 13.1. The van der Waals surface area contributed by atoms with Crippen LogP contribution in [-0.2, 0) is 12.8 Å². The number of hydrazine groups is 1. The highest BCUT2D eigenvalue weighted by Crippen LogP contribution is 2.32. The molecule has 1 unspecified atom stereocenters. The minimum absolute atomic E-state index is 0.385. The number of nitrogens with two attached hydrogens (primary N) is 1. The van der Waals surface area contributed by atoms with Crippen LogP contribution in [0.15, 0.2) is 24.3 Å². The fraction of sp³-hybridized carbons (Fsp3) is 0.375. The van der Waals surface area contributed by atoms with Crippen molar-refractivity contribution in [3.8, 4) is 0 Å². The molecule has 0 fully saturated rings. The number of rotatable bonds is 2. The maximum absolute atomic E-state index is 5.55. The Morgan fingerprint density at radius 3 is 2.65 bits per heavy atom. The van der Waals surface area contributed by atoms with Gasteiger partial charge in [0.25, 0.3) is 0 Å². The summed E-state index contributed by atoms with van der Waals surface area (Å²) in [5.41, 5.74) is 7.59. The third kappa shape index (κ3) is 2.27. The van der Waals surface area contributed by atoms with Gasteiger partial charge >= 0.3 is 0 Å². The average Bonchev–Trinajstić information content (AvgIpc) is 2.49. The van der Waals surface area contributed by atoms with E-state index < -0.39 is 0 Å². The van der Waals surface area contributed by atoms with Gasteiger partial charge < -0.3 is 5.43 Å². The topological polar surface area (TPSA) is 63.8 Å². The predicted octanol–water partition coefficient (Wildman–Crippen LogP) is 2.65. The van der Waals surface area contributed by atoms with E-state index in [2.05, 4.69) is 39.7 Å². The number of fused-ring (bicyclic) bond motifs is 1. The molecule has 0 amide bonds. The second kappa shape index (κ2) is 5.21. The quantitative estimate of drug-likeness (QED) is 0.649. The Bertz CT molecular complexity index is 636. The molecule has 0 saturated heterocycles. The van der Waals surface area contributed by atoms with Crippen LogP contribution >= 0.6 is 0 Å². The molecule has 104 valence electrons. The number of benzene rings is 1. The van der Waals surface area contributed by atoms with Gasteiger partial charge in [0, 0.05) is 17.2 Å². The first-order valence-corrected chi connectivity index (χ1v) is 7.07. The fourth-order valence-corrected chi connectivity index (χ4v) is 2.89. The van der Waals surface area contributed by atoms with Crippen molar-refractivity contribution in [1.82, 2.24) is 9.97 Å². The molecule has 1 aliphatic carbocycles. The number of hydrogen-bond acceptors (Lipinski definition) is 4. The van der Waals surface area contributed by atoms with Crippen LogP contribution < -0.4 is 11.3 Å². The number of nitrogens with zero attached hydrogens (tertiary/aromatic N) is 2. The molecule has 1 aromatic carbocycles. The molecule has 2 aromatic rings. The van der Waals surface area contributed by atoms with Gasteiger partial charge in [0.2, 0.25) is 0 Å². The van der Waals surface area contributed by atoms with Crippen LogP contribution in [0.1, 0.15) is 40.5 Å². The maximum atomic E-state index is 5.55. The first-order valence-electron chi connectivity index (χ1n) is 7.07. The Kier molecular flexibility index (Phi) is 3.40. The largest absolute Gasteiger partial charge is 0.308 e. The van der Waals surface area contributed by atoms with E-state index in [1.54, 1.807) is 0 Å². The number of aromatic nitrogens is 2. The summed E-state index contributed by atoms with van der Waals surface area (Å²) in [5, 5.41) is 0. The molecule has 0 aliphatic heterocycles. The second-order valence-electron chi connectivity index (χ2n) is 5.49. The van der Waals surface area contributed by atoms with E-state index in [4.69, 9.17) is 5.84 Å². The van der Waals surface area contributed by atoms with Crippen LogP contribution in [0.25, 0.3) is 0 Å². The number of aryl methyl sites for hydroxylation is 2. The molecule has 20 heavy (non-hydrogen) atoms. The van der Waals surface area contributed by atoms with Crippen LogP contribution in [0.3, 0.4) is 0 Å². The first-order chi connectivity index (χ1) is 9.69. The van der Waals surface area contributed by atoms with Crippen LogP contribution in [0.2, 0.25) is 0 Å². The zero-order chi connectivity index (χ0) is 14.1. The van der Waals surface area contributed by atoms with Crippen LogP contribution in [0.4, 0.5) is 5.82 Å². The van der Waals surface area contributed by atoms with E-state index in [1.807, 2.05) is 13.8 Å². The molecular weight excluding hydrogens is 248 g/mol. The Hall–Kier alpha value is -1.94. The Morgan fingerprint density at radius 2 is 1.90 bits per heavy atom. The third-order valence-corrected chi connectivity index (χ3v) is 4.26. The number of anilines is 1. The molecule has 1 atom stereocenters. The van der Waals surface area contributed by atoms with E-state index in [-0.39, 0.29) is 0 Å². The summed E-state index contributed by atoms with van der Waals surface area (Å²) in [4.78, 5) is 9.27. The molecule has 0 bridgehead atoms. The minimum Gasteiger partial charge on any atom is -0.308 e. The molecule has 3 rings (SSSR count). The highest BCUT2D eigenvalue weighted by Gasteiger charge is 2.23. The van der Waals surface area contributed by atoms with Crippen molar-refractivity contribution in [2.75, 3.05) is 5.43 Å².